The van der Waals surface area contributed by atoms with Crippen LogP contribution in [0, 0.1) is 50.4 Å². The third-order valence-corrected chi connectivity index (χ3v) is 9.59. The highest BCUT2D eigenvalue weighted by molar-refractivity contribution is 5.57. The second kappa shape index (κ2) is 6.64. The van der Waals surface area contributed by atoms with Crippen LogP contribution in [-0.4, -0.2) is 0 Å². The van der Waals surface area contributed by atoms with Crippen molar-refractivity contribution in [2.45, 2.75) is 113 Å². The molecule has 1 aromatic carbocycles. The van der Waals surface area contributed by atoms with Gasteiger partial charge in [-0.2, -0.15) is 0 Å². The topological polar surface area (TPSA) is 0 Å². The molecule has 0 aliphatic heterocycles. The maximum Gasteiger partial charge on any atom is -0.00329 e. The summed E-state index contributed by atoms with van der Waals surface area (Å²) in [5.74, 6) is 1.75. The molecule has 2 fully saturated rings. The number of fused-ring (bicyclic) bond motifs is 5. The van der Waals surface area contributed by atoms with E-state index >= 15 is 0 Å². The molecule has 0 radical (unpaired) electrons. The zero-order valence-corrected chi connectivity index (χ0v) is 19.9. The van der Waals surface area contributed by atoms with Gasteiger partial charge in [0.25, 0.3) is 0 Å². The lowest BCUT2D eigenvalue weighted by Crippen LogP contribution is -2.55. The summed E-state index contributed by atoms with van der Waals surface area (Å²) >= 11 is 0. The summed E-state index contributed by atoms with van der Waals surface area (Å²) in [7, 11) is 0. The highest BCUT2D eigenvalue weighted by atomic mass is 14.7. The molecule has 0 amide bonds. The quantitative estimate of drug-likeness (QED) is 0.435. The van der Waals surface area contributed by atoms with E-state index in [0.717, 1.165) is 11.8 Å². The predicted octanol–water partition coefficient (Wildman–Crippen LogP) is 8.00. The van der Waals surface area contributed by atoms with E-state index in [1.54, 1.807) is 33.4 Å². The molecular formula is C27H44. The molecule has 1 aromatic rings. The van der Waals surface area contributed by atoms with Crippen molar-refractivity contribution < 1.29 is 0 Å². The molecule has 0 bridgehead atoms. The second-order valence-electron chi connectivity index (χ2n) is 11.0. The molecule has 0 heterocycles. The molecule has 152 valence electrons. The summed E-state index contributed by atoms with van der Waals surface area (Å²) in [6.45, 7) is 23.9. The Balaban J connectivity index is 0.00000102. The summed E-state index contributed by atoms with van der Waals surface area (Å²) in [5.41, 5.74) is 11.3. The van der Waals surface area contributed by atoms with Crippen molar-refractivity contribution in [2.24, 2.45) is 22.7 Å². The summed E-state index contributed by atoms with van der Waals surface area (Å²) in [5, 5.41) is 0. The Labute approximate surface area is 169 Å². The fraction of sp³-hybridized carbons (Fsp3) is 0.778. The summed E-state index contributed by atoms with van der Waals surface area (Å²) < 4.78 is 0. The van der Waals surface area contributed by atoms with Crippen molar-refractivity contribution in [3.63, 3.8) is 0 Å². The average molecular weight is 369 g/mol. The minimum Gasteiger partial charge on any atom is -0.0683 e. The Hall–Kier alpha value is -0.780. The Morgan fingerprint density at radius 1 is 0.704 bits per heavy atom. The third kappa shape index (κ3) is 2.68. The molecule has 4 rings (SSSR count). The van der Waals surface area contributed by atoms with Crippen LogP contribution in [0.25, 0.3) is 0 Å². The Morgan fingerprint density at radius 2 is 1.30 bits per heavy atom. The lowest BCUT2D eigenvalue weighted by molar-refractivity contribution is -0.0983. The summed E-state index contributed by atoms with van der Waals surface area (Å²) in [6.07, 6.45) is 8.48. The van der Waals surface area contributed by atoms with E-state index in [-0.39, 0.29) is 0 Å². The van der Waals surface area contributed by atoms with Crippen LogP contribution in [0.15, 0.2) is 0 Å². The lowest BCUT2D eigenvalue weighted by Gasteiger charge is -2.61. The number of rotatable bonds is 0. The van der Waals surface area contributed by atoms with Gasteiger partial charge in [0.1, 0.15) is 0 Å². The largest absolute Gasteiger partial charge is 0.0683 e. The van der Waals surface area contributed by atoms with Crippen LogP contribution in [0.4, 0.5) is 0 Å². The van der Waals surface area contributed by atoms with Crippen LogP contribution in [-0.2, 0) is 11.8 Å². The van der Waals surface area contributed by atoms with Gasteiger partial charge in [-0.3, -0.25) is 0 Å². The maximum atomic E-state index is 2.68. The van der Waals surface area contributed by atoms with E-state index in [4.69, 9.17) is 0 Å². The molecule has 0 spiro atoms. The summed E-state index contributed by atoms with van der Waals surface area (Å²) in [6, 6.07) is 0. The van der Waals surface area contributed by atoms with E-state index in [1.807, 2.05) is 13.8 Å². The predicted molar refractivity (Wildman–Crippen MR) is 120 cm³/mol. The SMILES string of the molecule is CC.Cc1c(C)c(C)c2c(c1C)CC1C2(C)CCC2C(C)(C)CCCC21C. The first-order valence-corrected chi connectivity index (χ1v) is 11.6. The smallest absolute Gasteiger partial charge is 0.00329 e. The van der Waals surface area contributed by atoms with Gasteiger partial charge in [-0.1, -0.05) is 48.0 Å². The van der Waals surface area contributed by atoms with Gasteiger partial charge in [-0.05, 0) is 121 Å². The number of hydrogen-bond donors (Lipinski definition) is 0. The first-order chi connectivity index (χ1) is 12.5. The van der Waals surface area contributed by atoms with E-state index in [0.29, 0.717) is 16.2 Å². The first-order valence-electron chi connectivity index (χ1n) is 11.6. The third-order valence-electron chi connectivity index (χ3n) is 9.59. The van der Waals surface area contributed by atoms with Gasteiger partial charge < -0.3 is 0 Å². The van der Waals surface area contributed by atoms with Crippen LogP contribution < -0.4 is 0 Å². The van der Waals surface area contributed by atoms with Crippen LogP contribution in [0.5, 0.6) is 0 Å². The van der Waals surface area contributed by atoms with Crippen molar-refractivity contribution >= 4 is 0 Å². The van der Waals surface area contributed by atoms with Gasteiger partial charge in [0, 0.05) is 0 Å². The molecule has 0 nitrogen and oxygen atoms in total. The zero-order valence-electron chi connectivity index (χ0n) is 19.9. The summed E-state index contributed by atoms with van der Waals surface area (Å²) in [4.78, 5) is 0. The number of hydrogen-bond acceptors (Lipinski definition) is 0. The molecule has 0 heteroatoms. The average Bonchev–Trinajstić information content (AvgIpc) is 2.94. The van der Waals surface area contributed by atoms with E-state index in [9.17, 15) is 0 Å². The Kier molecular flexibility index (Phi) is 5.15. The van der Waals surface area contributed by atoms with E-state index in [1.165, 1.54) is 38.5 Å². The zero-order chi connectivity index (χ0) is 20.4. The molecular weight excluding hydrogens is 324 g/mol. The minimum absolute atomic E-state index is 0.404. The van der Waals surface area contributed by atoms with Crippen LogP contribution in [0.3, 0.4) is 0 Å². The molecule has 2 saturated carbocycles. The van der Waals surface area contributed by atoms with Gasteiger partial charge in [0.05, 0.1) is 0 Å². The van der Waals surface area contributed by atoms with Crippen molar-refractivity contribution in [1.82, 2.24) is 0 Å². The van der Waals surface area contributed by atoms with Crippen molar-refractivity contribution in [3.05, 3.63) is 33.4 Å². The highest BCUT2D eigenvalue weighted by Gasteiger charge is 2.61. The molecule has 0 N–H and O–H groups in total. The van der Waals surface area contributed by atoms with Crippen LogP contribution in [0.2, 0.25) is 0 Å². The lowest BCUT2D eigenvalue weighted by atomic mass is 9.43. The maximum absolute atomic E-state index is 2.68. The Morgan fingerprint density at radius 3 is 1.93 bits per heavy atom. The normalized spacial score (nSPS) is 36.2. The molecule has 4 atom stereocenters. The van der Waals surface area contributed by atoms with E-state index < -0.39 is 0 Å². The standard InChI is InChI=1S/C25H38.C2H6/c1-15-16(2)18(4)22-19(17(15)3)14-21-24(7)12-9-11-23(5,6)20(24)10-13-25(21,22)8;1-2/h20-21H,9-14H2,1-8H3;1-2H3. The molecule has 0 saturated heterocycles. The molecule has 4 unspecified atom stereocenters. The first kappa shape index (κ1) is 20.9. The molecule has 3 aliphatic carbocycles. The van der Waals surface area contributed by atoms with Crippen LogP contribution in [0.1, 0.15) is 107 Å². The number of benzene rings is 1. The highest BCUT2D eigenvalue weighted by Crippen LogP contribution is 2.68. The Bertz CT molecular complexity index is 737. The van der Waals surface area contributed by atoms with Crippen molar-refractivity contribution in [2.75, 3.05) is 0 Å². The van der Waals surface area contributed by atoms with Gasteiger partial charge in [-0.25, -0.2) is 0 Å². The van der Waals surface area contributed by atoms with Crippen LogP contribution >= 0.6 is 0 Å². The van der Waals surface area contributed by atoms with Gasteiger partial charge in [0.2, 0.25) is 0 Å². The van der Waals surface area contributed by atoms with Gasteiger partial charge in [-0.15, -0.1) is 0 Å². The van der Waals surface area contributed by atoms with E-state index in [2.05, 4.69) is 55.4 Å². The van der Waals surface area contributed by atoms with Crippen molar-refractivity contribution in [3.8, 4) is 0 Å². The minimum atomic E-state index is 0.404. The van der Waals surface area contributed by atoms with Crippen molar-refractivity contribution in [1.29, 1.82) is 0 Å². The van der Waals surface area contributed by atoms with Gasteiger partial charge >= 0.3 is 0 Å². The molecule has 27 heavy (non-hydrogen) atoms. The van der Waals surface area contributed by atoms with Gasteiger partial charge in [0.15, 0.2) is 0 Å². The fourth-order valence-corrected chi connectivity index (χ4v) is 8.03. The molecule has 0 aromatic heterocycles. The second-order valence-corrected chi connectivity index (χ2v) is 11.0. The fourth-order valence-electron chi connectivity index (χ4n) is 8.03. The monoisotopic (exact) mass is 368 g/mol. The molecule has 3 aliphatic rings.